The fourth-order valence-electron chi connectivity index (χ4n) is 1.49. The zero-order valence-electron chi connectivity index (χ0n) is 10.4. The Morgan fingerprint density at radius 3 is 2.89 bits per heavy atom. The van der Waals surface area contributed by atoms with Crippen LogP contribution >= 0.6 is 0 Å². The molecule has 1 aromatic rings. The molecular weight excluding hydrogens is 228 g/mol. The molecule has 0 radical (unpaired) electrons. The molecule has 0 atom stereocenters. The first-order valence-corrected chi connectivity index (χ1v) is 5.66. The minimum absolute atomic E-state index is 0.0314. The van der Waals surface area contributed by atoms with Crippen LogP contribution in [-0.4, -0.2) is 18.5 Å². The third-order valence-corrected chi connectivity index (χ3v) is 2.34. The molecule has 1 N–H and O–H groups in total. The van der Waals surface area contributed by atoms with E-state index in [4.69, 9.17) is 4.74 Å². The number of phenolic OH excluding ortho intramolecular Hbond substituents is 1. The molecule has 1 rings (SSSR count). The zero-order chi connectivity index (χ0) is 13.4. The number of hydrogen-bond donors (Lipinski definition) is 1. The van der Waals surface area contributed by atoms with Gasteiger partial charge in [-0.1, -0.05) is 17.9 Å². The summed E-state index contributed by atoms with van der Waals surface area (Å²) in [4.78, 5) is 10.2. The van der Waals surface area contributed by atoms with Crippen LogP contribution in [0.4, 0.5) is 0 Å². The Bertz CT molecular complexity index is 492. The van der Waals surface area contributed by atoms with Crippen molar-refractivity contribution < 1.29 is 14.6 Å². The fraction of sp³-hybridized carbons (Fsp3) is 0.267. The second kappa shape index (κ2) is 7.18. The van der Waals surface area contributed by atoms with E-state index in [1.807, 2.05) is 0 Å². The molecular formula is C15H16O3. The molecule has 94 valence electrons. The maximum absolute atomic E-state index is 10.2. The highest BCUT2D eigenvalue weighted by Gasteiger charge is 2.08. The molecule has 0 aromatic heterocycles. The quantitative estimate of drug-likeness (QED) is 0.374. The Labute approximate surface area is 107 Å². The van der Waals surface area contributed by atoms with Crippen LogP contribution in [-0.2, 0) is 11.2 Å². The van der Waals surface area contributed by atoms with Gasteiger partial charge in [0.15, 0.2) is 11.5 Å². The minimum atomic E-state index is 0.0314. The molecule has 3 nitrogen and oxygen atoms in total. The lowest BCUT2D eigenvalue weighted by Gasteiger charge is -2.07. The molecule has 3 heteroatoms. The fourth-order valence-corrected chi connectivity index (χ4v) is 1.49. The summed E-state index contributed by atoms with van der Waals surface area (Å²) in [5.74, 6) is 6.12. The number of ether oxygens (including phenoxy) is 1. The topological polar surface area (TPSA) is 46.5 Å². The first-order valence-electron chi connectivity index (χ1n) is 5.66. The molecule has 0 aliphatic rings. The average molecular weight is 244 g/mol. The minimum Gasteiger partial charge on any atom is -0.503 e. The van der Waals surface area contributed by atoms with Crippen molar-refractivity contribution >= 4 is 6.29 Å². The monoisotopic (exact) mass is 244 g/mol. The van der Waals surface area contributed by atoms with Crippen LogP contribution in [0.3, 0.4) is 0 Å². The van der Waals surface area contributed by atoms with Crippen LogP contribution in [0.2, 0.25) is 0 Å². The lowest BCUT2D eigenvalue weighted by Crippen LogP contribution is -1.91. The normalized spacial score (nSPS) is 9.17. The van der Waals surface area contributed by atoms with Gasteiger partial charge < -0.3 is 14.6 Å². The number of methoxy groups -OCH3 is 1. The second-order valence-electron chi connectivity index (χ2n) is 3.69. The molecule has 0 unspecified atom stereocenters. The smallest absolute Gasteiger partial charge is 0.173 e. The van der Waals surface area contributed by atoms with Gasteiger partial charge in [0.2, 0.25) is 0 Å². The number of benzene rings is 1. The van der Waals surface area contributed by atoms with Crippen LogP contribution < -0.4 is 4.74 Å². The van der Waals surface area contributed by atoms with Crippen molar-refractivity contribution in [2.24, 2.45) is 0 Å². The van der Waals surface area contributed by atoms with E-state index in [1.165, 1.54) is 7.11 Å². The predicted octanol–water partition coefficient (Wildman–Crippen LogP) is 2.46. The molecule has 0 saturated carbocycles. The van der Waals surface area contributed by atoms with Gasteiger partial charge in [-0.05, 0) is 24.1 Å². The van der Waals surface area contributed by atoms with Gasteiger partial charge in [0.05, 0.1) is 12.7 Å². The number of carbonyl (C=O) groups is 1. The third-order valence-electron chi connectivity index (χ3n) is 2.34. The van der Waals surface area contributed by atoms with Gasteiger partial charge in [-0.25, -0.2) is 0 Å². The predicted molar refractivity (Wildman–Crippen MR) is 70.7 cm³/mol. The Balaban J connectivity index is 3.06. The largest absolute Gasteiger partial charge is 0.503 e. The van der Waals surface area contributed by atoms with Gasteiger partial charge in [-0.3, -0.25) is 0 Å². The summed E-state index contributed by atoms with van der Waals surface area (Å²) >= 11 is 0. The van der Waals surface area contributed by atoms with Crippen molar-refractivity contribution in [3.05, 3.63) is 35.9 Å². The van der Waals surface area contributed by atoms with E-state index in [0.29, 0.717) is 30.6 Å². The van der Waals surface area contributed by atoms with Crippen molar-refractivity contribution in [2.75, 3.05) is 7.11 Å². The first-order chi connectivity index (χ1) is 8.72. The number of aromatic hydroxyl groups is 1. The number of rotatable bonds is 5. The second-order valence-corrected chi connectivity index (χ2v) is 3.69. The molecule has 0 saturated heterocycles. The van der Waals surface area contributed by atoms with Crippen molar-refractivity contribution in [3.8, 4) is 23.3 Å². The van der Waals surface area contributed by atoms with Crippen LogP contribution in [0.25, 0.3) is 0 Å². The van der Waals surface area contributed by atoms with E-state index in [-0.39, 0.29) is 5.75 Å². The summed E-state index contributed by atoms with van der Waals surface area (Å²) in [5, 5.41) is 9.92. The molecule has 0 aliphatic carbocycles. The summed E-state index contributed by atoms with van der Waals surface area (Å²) in [6.07, 6.45) is 4.16. The molecule has 0 aliphatic heterocycles. The molecule has 18 heavy (non-hydrogen) atoms. The van der Waals surface area contributed by atoms with E-state index < -0.39 is 0 Å². The van der Waals surface area contributed by atoms with Crippen LogP contribution in [0.15, 0.2) is 24.8 Å². The number of aldehydes is 1. The van der Waals surface area contributed by atoms with E-state index in [0.717, 1.165) is 11.8 Å². The van der Waals surface area contributed by atoms with Gasteiger partial charge in [0.25, 0.3) is 0 Å². The van der Waals surface area contributed by atoms with Gasteiger partial charge in [0.1, 0.15) is 6.29 Å². The van der Waals surface area contributed by atoms with E-state index in [1.54, 1.807) is 18.2 Å². The number of phenols is 1. The van der Waals surface area contributed by atoms with Crippen molar-refractivity contribution in [1.82, 2.24) is 0 Å². The highest BCUT2D eigenvalue weighted by molar-refractivity contribution is 5.56. The number of unbranched alkanes of at least 4 members (excludes halogenated alkanes) is 1. The maximum Gasteiger partial charge on any atom is 0.173 e. The highest BCUT2D eigenvalue weighted by Crippen LogP contribution is 2.31. The summed E-state index contributed by atoms with van der Waals surface area (Å²) in [6.45, 7) is 3.67. The zero-order valence-corrected chi connectivity index (χ0v) is 10.4. The average Bonchev–Trinajstić information content (AvgIpc) is 2.38. The lowest BCUT2D eigenvalue weighted by molar-refractivity contribution is -0.107. The van der Waals surface area contributed by atoms with E-state index >= 15 is 0 Å². The standard InChI is InChI=1S/C15H16O3/c1-3-7-12-10-13(8-5-4-6-9-16)15(17)14(11-12)18-2/h3,9-11,17H,1,4,6-7H2,2H3. The lowest BCUT2D eigenvalue weighted by atomic mass is 10.1. The molecule has 0 spiro atoms. The van der Waals surface area contributed by atoms with Gasteiger partial charge in [-0.2, -0.15) is 0 Å². The molecule has 0 bridgehead atoms. The Kier molecular flexibility index (Phi) is 5.53. The molecule has 0 fully saturated rings. The molecule has 0 heterocycles. The SMILES string of the molecule is C=CCc1cc(C#CCCC=O)c(O)c(OC)c1. The number of hydrogen-bond acceptors (Lipinski definition) is 3. The summed E-state index contributed by atoms with van der Waals surface area (Å²) in [6, 6.07) is 3.56. The van der Waals surface area contributed by atoms with Crippen molar-refractivity contribution in [2.45, 2.75) is 19.3 Å². The molecule has 0 amide bonds. The third kappa shape index (κ3) is 3.67. The van der Waals surface area contributed by atoms with Crippen LogP contribution in [0.1, 0.15) is 24.0 Å². The summed E-state index contributed by atoms with van der Waals surface area (Å²) < 4.78 is 5.09. The number of allylic oxidation sites excluding steroid dienone is 1. The Morgan fingerprint density at radius 1 is 1.50 bits per heavy atom. The Hall–Kier alpha value is -2.21. The van der Waals surface area contributed by atoms with Crippen molar-refractivity contribution in [3.63, 3.8) is 0 Å². The van der Waals surface area contributed by atoms with Gasteiger partial charge >= 0.3 is 0 Å². The molecule has 1 aromatic carbocycles. The summed E-state index contributed by atoms with van der Waals surface area (Å²) in [7, 11) is 1.50. The number of carbonyl (C=O) groups excluding carboxylic acids is 1. The highest BCUT2D eigenvalue weighted by atomic mass is 16.5. The van der Waals surface area contributed by atoms with Gasteiger partial charge in [0, 0.05) is 12.8 Å². The maximum atomic E-state index is 10.2. The summed E-state index contributed by atoms with van der Waals surface area (Å²) in [5.41, 5.74) is 1.48. The van der Waals surface area contributed by atoms with Gasteiger partial charge in [-0.15, -0.1) is 6.58 Å². The van der Waals surface area contributed by atoms with Crippen LogP contribution in [0, 0.1) is 11.8 Å². The Morgan fingerprint density at radius 2 is 2.28 bits per heavy atom. The van der Waals surface area contributed by atoms with E-state index in [2.05, 4.69) is 18.4 Å². The van der Waals surface area contributed by atoms with Crippen molar-refractivity contribution in [1.29, 1.82) is 0 Å². The van der Waals surface area contributed by atoms with E-state index in [9.17, 15) is 9.90 Å². The van der Waals surface area contributed by atoms with Crippen LogP contribution in [0.5, 0.6) is 11.5 Å². The first kappa shape index (κ1) is 13.9.